The summed E-state index contributed by atoms with van der Waals surface area (Å²) in [5, 5.41) is 11.8. The largest absolute Gasteiger partial charge is 0.389 e. The number of amides is 1. The minimum absolute atomic E-state index is 0.137. The van der Waals surface area contributed by atoms with Gasteiger partial charge in [-0.3, -0.25) is 4.79 Å². The summed E-state index contributed by atoms with van der Waals surface area (Å²) < 4.78 is 0. The zero-order valence-electron chi connectivity index (χ0n) is 7.74. The van der Waals surface area contributed by atoms with Crippen LogP contribution in [0, 0.1) is 0 Å². The van der Waals surface area contributed by atoms with Gasteiger partial charge in [-0.15, -0.1) is 0 Å². The molecule has 13 heavy (non-hydrogen) atoms. The average molecular weight is 179 g/mol. The Hall–Kier alpha value is -1.35. The number of rotatable bonds is 2. The fourth-order valence-corrected chi connectivity index (χ4v) is 1.08. The number of aliphatic hydroxyl groups is 1. The molecule has 0 aliphatic carbocycles. The van der Waals surface area contributed by atoms with Gasteiger partial charge in [0.1, 0.15) is 0 Å². The maximum atomic E-state index is 11.2. The number of hydrogen-bond donors (Lipinski definition) is 2. The molecule has 0 bridgehead atoms. The first kappa shape index (κ1) is 9.74. The molecule has 1 aromatic rings. The molecule has 70 valence electrons. The second-order valence-corrected chi connectivity index (χ2v) is 2.88. The Morgan fingerprint density at radius 3 is 2.77 bits per heavy atom. The molecule has 0 aromatic heterocycles. The third-order valence-electron chi connectivity index (χ3n) is 1.86. The van der Waals surface area contributed by atoms with Crippen LogP contribution < -0.4 is 5.32 Å². The van der Waals surface area contributed by atoms with E-state index in [2.05, 4.69) is 5.32 Å². The van der Waals surface area contributed by atoms with Crippen LogP contribution in [0.1, 0.15) is 28.9 Å². The van der Waals surface area contributed by atoms with Crippen molar-refractivity contribution in [2.24, 2.45) is 0 Å². The molecule has 1 amide bonds. The molecule has 0 radical (unpaired) electrons. The highest BCUT2D eigenvalue weighted by molar-refractivity contribution is 5.94. The molecule has 0 aliphatic heterocycles. The smallest absolute Gasteiger partial charge is 0.251 e. The number of carbonyl (C=O) groups excluding carboxylic acids is 1. The van der Waals surface area contributed by atoms with Gasteiger partial charge in [-0.05, 0) is 24.6 Å². The van der Waals surface area contributed by atoms with Crippen LogP contribution in [-0.2, 0) is 0 Å². The summed E-state index contributed by atoms with van der Waals surface area (Å²) in [4.78, 5) is 11.2. The highest BCUT2D eigenvalue weighted by Gasteiger charge is 2.05. The van der Waals surface area contributed by atoms with Gasteiger partial charge in [0.25, 0.3) is 5.91 Å². The lowest BCUT2D eigenvalue weighted by molar-refractivity contribution is 0.0963. The highest BCUT2D eigenvalue weighted by atomic mass is 16.3. The van der Waals surface area contributed by atoms with E-state index in [1.54, 1.807) is 38.2 Å². The standard InChI is InChI=1S/C10H13NO2/c1-7(12)8-4-3-5-9(6-8)10(13)11-2/h3-7,12H,1-2H3,(H,11,13). The van der Waals surface area contributed by atoms with E-state index in [1.165, 1.54) is 0 Å². The summed E-state index contributed by atoms with van der Waals surface area (Å²) in [6, 6.07) is 6.94. The van der Waals surface area contributed by atoms with Crippen LogP contribution in [0.2, 0.25) is 0 Å². The van der Waals surface area contributed by atoms with Crippen LogP contribution in [-0.4, -0.2) is 18.1 Å². The van der Waals surface area contributed by atoms with Gasteiger partial charge < -0.3 is 10.4 Å². The van der Waals surface area contributed by atoms with Crippen LogP contribution in [0.3, 0.4) is 0 Å². The van der Waals surface area contributed by atoms with Crippen LogP contribution in [0.25, 0.3) is 0 Å². The van der Waals surface area contributed by atoms with E-state index in [0.717, 1.165) is 5.56 Å². The van der Waals surface area contributed by atoms with Crippen molar-refractivity contribution in [1.29, 1.82) is 0 Å². The monoisotopic (exact) mass is 179 g/mol. The maximum Gasteiger partial charge on any atom is 0.251 e. The second-order valence-electron chi connectivity index (χ2n) is 2.88. The van der Waals surface area contributed by atoms with Gasteiger partial charge in [-0.2, -0.15) is 0 Å². The Balaban J connectivity index is 2.98. The second kappa shape index (κ2) is 4.05. The van der Waals surface area contributed by atoms with Crippen molar-refractivity contribution in [3.63, 3.8) is 0 Å². The van der Waals surface area contributed by atoms with Gasteiger partial charge in [-0.1, -0.05) is 12.1 Å². The maximum absolute atomic E-state index is 11.2. The molecule has 0 aliphatic rings. The zero-order valence-corrected chi connectivity index (χ0v) is 7.74. The van der Waals surface area contributed by atoms with Gasteiger partial charge in [0, 0.05) is 12.6 Å². The van der Waals surface area contributed by atoms with E-state index in [0.29, 0.717) is 5.56 Å². The van der Waals surface area contributed by atoms with E-state index in [1.807, 2.05) is 0 Å². The SMILES string of the molecule is CNC(=O)c1cccc(C(C)O)c1. The molecule has 1 unspecified atom stereocenters. The molecule has 0 spiro atoms. The van der Waals surface area contributed by atoms with Crippen molar-refractivity contribution >= 4 is 5.91 Å². The molecule has 0 heterocycles. The highest BCUT2D eigenvalue weighted by Crippen LogP contribution is 2.13. The Labute approximate surface area is 77.4 Å². The molecule has 0 saturated heterocycles. The van der Waals surface area contributed by atoms with Gasteiger partial charge in [0.2, 0.25) is 0 Å². The van der Waals surface area contributed by atoms with Crippen molar-refractivity contribution in [2.75, 3.05) is 7.05 Å². The number of hydrogen-bond acceptors (Lipinski definition) is 2. The molecule has 2 N–H and O–H groups in total. The Morgan fingerprint density at radius 1 is 1.54 bits per heavy atom. The summed E-state index contributed by atoms with van der Waals surface area (Å²) in [7, 11) is 1.58. The number of aliphatic hydroxyl groups excluding tert-OH is 1. The molecule has 0 saturated carbocycles. The molecule has 3 heteroatoms. The number of nitrogens with one attached hydrogen (secondary N) is 1. The first-order valence-electron chi connectivity index (χ1n) is 4.15. The molecular formula is C10H13NO2. The van der Waals surface area contributed by atoms with Crippen LogP contribution in [0.15, 0.2) is 24.3 Å². The minimum Gasteiger partial charge on any atom is -0.389 e. The van der Waals surface area contributed by atoms with E-state index >= 15 is 0 Å². The summed E-state index contributed by atoms with van der Waals surface area (Å²) >= 11 is 0. The van der Waals surface area contributed by atoms with Crippen molar-refractivity contribution < 1.29 is 9.90 Å². The summed E-state index contributed by atoms with van der Waals surface area (Å²) in [6.07, 6.45) is -0.537. The summed E-state index contributed by atoms with van der Waals surface area (Å²) in [5.41, 5.74) is 1.32. The van der Waals surface area contributed by atoms with Crippen molar-refractivity contribution in [2.45, 2.75) is 13.0 Å². The fraction of sp³-hybridized carbons (Fsp3) is 0.300. The van der Waals surface area contributed by atoms with E-state index < -0.39 is 6.10 Å². The lowest BCUT2D eigenvalue weighted by atomic mass is 10.1. The van der Waals surface area contributed by atoms with Crippen LogP contribution in [0.4, 0.5) is 0 Å². The number of carbonyl (C=O) groups is 1. The Kier molecular flexibility index (Phi) is 3.03. The predicted octanol–water partition coefficient (Wildman–Crippen LogP) is 1.10. The van der Waals surface area contributed by atoms with Crippen molar-refractivity contribution in [1.82, 2.24) is 5.32 Å². The van der Waals surface area contributed by atoms with E-state index in [-0.39, 0.29) is 5.91 Å². The summed E-state index contributed by atoms with van der Waals surface area (Å²) in [6.45, 7) is 1.67. The first-order chi connectivity index (χ1) is 6.15. The molecule has 1 atom stereocenters. The number of benzene rings is 1. The lowest BCUT2D eigenvalue weighted by Crippen LogP contribution is -2.17. The Morgan fingerprint density at radius 2 is 2.23 bits per heavy atom. The van der Waals surface area contributed by atoms with Crippen molar-refractivity contribution in [3.8, 4) is 0 Å². The molecule has 1 aromatic carbocycles. The van der Waals surface area contributed by atoms with Crippen LogP contribution in [0.5, 0.6) is 0 Å². The lowest BCUT2D eigenvalue weighted by Gasteiger charge is -2.06. The average Bonchev–Trinajstić information content (AvgIpc) is 2.17. The topological polar surface area (TPSA) is 49.3 Å². The molecular weight excluding hydrogens is 166 g/mol. The van der Waals surface area contributed by atoms with Gasteiger partial charge in [-0.25, -0.2) is 0 Å². The first-order valence-corrected chi connectivity index (χ1v) is 4.15. The third-order valence-corrected chi connectivity index (χ3v) is 1.86. The normalized spacial score (nSPS) is 12.2. The van der Waals surface area contributed by atoms with Gasteiger partial charge in [0.05, 0.1) is 6.10 Å². The van der Waals surface area contributed by atoms with Crippen molar-refractivity contribution in [3.05, 3.63) is 35.4 Å². The summed E-state index contributed by atoms with van der Waals surface area (Å²) in [5.74, 6) is -0.137. The quantitative estimate of drug-likeness (QED) is 0.714. The Bertz CT molecular complexity index is 308. The van der Waals surface area contributed by atoms with Crippen LogP contribution >= 0.6 is 0 Å². The molecule has 3 nitrogen and oxygen atoms in total. The third kappa shape index (κ3) is 2.29. The molecule has 0 fully saturated rings. The van der Waals surface area contributed by atoms with E-state index in [9.17, 15) is 9.90 Å². The fourth-order valence-electron chi connectivity index (χ4n) is 1.08. The van der Waals surface area contributed by atoms with Gasteiger partial charge >= 0.3 is 0 Å². The van der Waals surface area contributed by atoms with E-state index in [4.69, 9.17) is 0 Å². The molecule has 1 rings (SSSR count). The predicted molar refractivity (Wildman–Crippen MR) is 50.5 cm³/mol. The minimum atomic E-state index is -0.537. The zero-order chi connectivity index (χ0) is 9.84. The van der Waals surface area contributed by atoms with Gasteiger partial charge in [0.15, 0.2) is 0 Å².